The molecule has 1 aliphatic rings. The molecule has 1 aromatic carbocycles. The summed E-state index contributed by atoms with van der Waals surface area (Å²) in [6.07, 6.45) is 7.11. The van der Waals surface area contributed by atoms with Crippen molar-refractivity contribution in [2.75, 3.05) is 19.4 Å². The Morgan fingerprint density at radius 1 is 1.13 bits per heavy atom. The average Bonchev–Trinajstić information content (AvgIpc) is 2.71. The first-order valence-electron chi connectivity index (χ1n) is 10.5. The zero-order valence-corrected chi connectivity index (χ0v) is 18.8. The van der Waals surface area contributed by atoms with Crippen LogP contribution in [0.5, 0.6) is 0 Å². The van der Waals surface area contributed by atoms with Gasteiger partial charge in [-0.25, -0.2) is 13.1 Å². The fraction of sp³-hybridized carbons (Fsp3) is 0.522. The lowest BCUT2D eigenvalue weighted by Gasteiger charge is -2.30. The van der Waals surface area contributed by atoms with E-state index in [2.05, 4.69) is 29.0 Å². The van der Waals surface area contributed by atoms with Gasteiger partial charge >= 0.3 is 0 Å². The van der Waals surface area contributed by atoms with Crippen molar-refractivity contribution in [2.45, 2.75) is 57.6 Å². The molecule has 0 spiro atoms. The van der Waals surface area contributed by atoms with Crippen molar-refractivity contribution >= 4 is 10.0 Å². The van der Waals surface area contributed by atoms with Crippen LogP contribution in [0.4, 0.5) is 0 Å². The molecular formula is C23H32N2O4S. The van der Waals surface area contributed by atoms with Gasteiger partial charge in [-0.15, -0.1) is 0 Å². The standard InChI is InChI=1S/C23H32N2O4S/c1-17-13-18(2)23(26)25(15-17)21(14-24-30(3,27)28)16-29-22-11-9-20(10-12-22)19-7-5-4-6-8-19/h4-8,13,15,20-22,24H,9-12,14,16H2,1-3H3/t20-,21-,22+/m0/s1. The fourth-order valence-corrected chi connectivity index (χ4v) is 4.71. The third-order valence-electron chi connectivity index (χ3n) is 5.80. The van der Waals surface area contributed by atoms with Gasteiger partial charge in [0, 0.05) is 18.3 Å². The van der Waals surface area contributed by atoms with Crippen LogP contribution in [-0.2, 0) is 14.8 Å². The molecule has 2 aromatic rings. The Morgan fingerprint density at radius 3 is 2.43 bits per heavy atom. The minimum atomic E-state index is -3.36. The molecule has 0 bridgehead atoms. The zero-order chi connectivity index (χ0) is 21.7. The molecular weight excluding hydrogens is 400 g/mol. The number of hydrogen-bond acceptors (Lipinski definition) is 4. The van der Waals surface area contributed by atoms with E-state index in [9.17, 15) is 13.2 Å². The molecule has 0 aliphatic heterocycles. The summed E-state index contributed by atoms with van der Waals surface area (Å²) < 4.78 is 33.6. The van der Waals surface area contributed by atoms with E-state index in [0.29, 0.717) is 18.1 Å². The molecule has 30 heavy (non-hydrogen) atoms. The molecule has 1 atom stereocenters. The lowest BCUT2D eigenvalue weighted by atomic mass is 9.83. The van der Waals surface area contributed by atoms with E-state index in [1.807, 2.05) is 19.1 Å². The van der Waals surface area contributed by atoms with E-state index in [4.69, 9.17) is 4.74 Å². The van der Waals surface area contributed by atoms with E-state index >= 15 is 0 Å². The highest BCUT2D eigenvalue weighted by molar-refractivity contribution is 7.88. The van der Waals surface area contributed by atoms with Crippen LogP contribution in [0.3, 0.4) is 0 Å². The minimum Gasteiger partial charge on any atom is -0.376 e. The molecule has 7 heteroatoms. The van der Waals surface area contributed by atoms with Crippen molar-refractivity contribution in [1.82, 2.24) is 9.29 Å². The van der Waals surface area contributed by atoms with Gasteiger partial charge in [0.25, 0.3) is 5.56 Å². The number of benzene rings is 1. The van der Waals surface area contributed by atoms with Crippen LogP contribution in [0, 0.1) is 13.8 Å². The zero-order valence-electron chi connectivity index (χ0n) is 18.0. The molecule has 1 heterocycles. The average molecular weight is 433 g/mol. The van der Waals surface area contributed by atoms with Crippen LogP contribution in [0.25, 0.3) is 0 Å². The Kier molecular flexibility index (Phi) is 7.50. The molecule has 164 valence electrons. The maximum Gasteiger partial charge on any atom is 0.253 e. The molecule has 3 rings (SSSR count). The van der Waals surface area contributed by atoms with Crippen LogP contribution in [0.1, 0.15) is 54.3 Å². The van der Waals surface area contributed by atoms with Crippen LogP contribution in [0.15, 0.2) is 47.4 Å². The van der Waals surface area contributed by atoms with Crippen LogP contribution < -0.4 is 10.3 Å². The normalized spacial score (nSPS) is 20.8. The first kappa shape index (κ1) is 22.7. The molecule has 1 fully saturated rings. The van der Waals surface area contributed by atoms with Crippen molar-refractivity contribution in [1.29, 1.82) is 0 Å². The van der Waals surface area contributed by atoms with Crippen molar-refractivity contribution in [3.8, 4) is 0 Å². The summed E-state index contributed by atoms with van der Waals surface area (Å²) in [5.74, 6) is 0.566. The van der Waals surface area contributed by atoms with E-state index in [1.165, 1.54) is 5.56 Å². The van der Waals surface area contributed by atoms with Gasteiger partial charge in [-0.2, -0.15) is 0 Å². The predicted molar refractivity (Wildman–Crippen MR) is 119 cm³/mol. The Bertz CT molecular complexity index is 994. The van der Waals surface area contributed by atoms with Crippen molar-refractivity contribution in [2.24, 2.45) is 0 Å². The summed E-state index contributed by atoms with van der Waals surface area (Å²) in [7, 11) is -3.36. The summed E-state index contributed by atoms with van der Waals surface area (Å²) in [5.41, 5.74) is 2.87. The summed E-state index contributed by atoms with van der Waals surface area (Å²) >= 11 is 0. The first-order valence-corrected chi connectivity index (χ1v) is 12.4. The number of ether oxygens (including phenoxy) is 1. The minimum absolute atomic E-state index is 0.114. The molecule has 0 radical (unpaired) electrons. The fourth-order valence-electron chi connectivity index (χ4n) is 4.21. The van der Waals surface area contributed by atoms with E-state index in [1.54, 1.807) is 17.7 Å². The summed E-state index contributed by atoms with van der Waals surface area (Å²) in [5, 5.41) is 0. The number of nitrogens with one attached hydrogen (secondary N) is 1. The van der Waals surface area contributed by atoms with E-state index in [0.717, 1.165) is 37.5 Å². The Labute approximate surface area is 179 Å². The molecule has 1 aromatic heterocycles. The predicted octanol–water partition coefficient (Wildman–Crippen LogP) is 3.30. The number of aryl methyl sites for hydroxylation is 2. The smallest absolute Gasteiger partial charge is 0.253 e. The molecule has 0 unspecified atom stereocenters. The SMILES string of the molecule is Cc1cc(C)c(=O)n([C@@H](CNS(C)(=O)=O)CO[C@H]2CC[C@@H](c3ccccc3)CC2)c1. The number of rotatable bonds is 8. The second-order valence-electron chi connectivity index (χ2n) is 8.40. The van der Waals surface area contributed by atoms with Crippen molar-refractivity contribution in [3.63, 3.8) is 0 Å². The van der Waals surface area contributed by atoms with Crippen molar-refractivity contribution in [3.05, 3.63) is 69.6 Å². The highest BCUT2D eigenvalue weighted by Gasteiger charge is 2.24. The van der Waals surface area contributed by atoms with Crippen LogP contribution in [0.2, 0.25) is 0 Å². The molecule has 0 amide bonds. The van der Waals surface area contributed by atoms with Crippen LogP contribution in [-0.4, -0.2) is 38.5 Å². The van der Waals surface area contributed by atoms with E-state index < -0.39 is 16.1 Å². The van der Waals surface area contributed by atoms with Gasteiger partial charge < -0.3 is 9.30 Å². The molecule has 1 saturated carbocycles. The van der Waals surface area contributed by atoms with Gasteiger partial charge in [-0.05, 0) is 62.6 Å². The van der Waals surface area contributed by atoms with Gasteiger partial charge in [-0.3, -0.25) is 4.79 Å². The number of pyridine rings is 1. The molecule has 1 N–H and O–H groups in total. The number of aromatic nitrogens is 1. The van der Waals surface area contributed by atoms with Crippen molar-refractivity contribution < 1.29 is 13.2 Å². The third-order valence-corrected chi connectivity index (χ3v) is 6.49. The topological polar surface area (TPSA) is 77.4 Å². The summed E-state index contributed by atoms with van der Waals surface area (Å²) in [4.78, 5) is 12.7. The van der Waals surface area contributed by atoms with Gasteiger partial charge in [0.05, 0.1) is 25.0 Å². The summed E-state index contributed by atoms with van der Waals surface area (Å²) in [6.45, 7) is 4.13. The molecule has 6 nitrogen and oxygen atoms in total. The largest absolute Gasteiger partial charge is 0.376 e. The van der Waals surface area contributed by atoms with Crippen LogP contribution >= 0.6 is 0 Å². The Balaban J connectivity index is 1.65. The maximum atomic E-state index is 12.7. The molecule has 1 aliphatic carbocycles. The Morgan fingerprint density at radius 2 is 1.80 bits per heavy atom. The number of sulfonamides is 1. The van der Waals surface area contributed by atoms with Gasteiger partial charge in [0.15, 0.2) is 0 Å². The third kappa shape index (κ3) is 6.27. The monoisotopic (exact) mass is 432 g/mol. The number of nitrogens with zero attached hydrogens (tertiary/aromatic N) is 1. The van der Waals surface area contributed by atoms with Gasteiger partial charge in [0.1, 0.15) is 0 Å². The lowest BCUT2D eigenvalue weighted by Crippen LogP contribution is -2.38. The van der Waals surface area contributed by atoms with Gasteiger partial charge in [-0.1, -0.05) is 30.3 Å². The Hall–Kier alpha value is -1.96. The summed E-state index contributed by atoms with van der Waals surface area (Å²) in [6, 6.07) is 12.0. The molecule has 0 saturated heterocycles. The maximum absolute atomic E-state index is 12.7. The first-order chi connectivity index (χ1) is 14.2. The highest BCUT2D eigenvalue weighted by atomic mass is 32.2. The lowest BCUT2D eigenvalue weighted by molar-refractivity contribution is 0.00732. The van der Waals surface area contributed by atoms with E-state index in [-0.39, 0.29) is 18.2 Å². The second-order valence-corrected chi connectivity index (χ2v) is 10.2. The quantitative estimate of drug-likeness (QED) is 0.694. The second kappa shape index (κ2) is 9.90. The number of hydrogen-bond donors (Lipinski definition) is 1. The highest BCUT2D eigenvalue weighted by Crippen LogP contribution is 2.34. The van der Waals surface area contributed by atoms with Gasteiger partial charge in [0.2, 0.25) is 10.0 Å².